The van der Waals surface area contributed by atoms with Crippen LogP contribution in [0.25, 0.3) is 0 Å². The second-order valence-corrected chi connectivity index (χ2v) is 2.72. The minimum atomic E-state index is -5.60. The summed E-state index contributed by atoms with van der Waals surface area (Å²) in [7, 11) is 0. The summed E-state index contributed by atoms with van der Waals surface area (Å²) in [6.45, 7) is 0.0906. The first-order valence-corrected chi connectivity index (χ1v) is 3.54. The van der Waals surface area contributed by atoms with Crippen LogP contribution in [-0.4, -0.2) is 18.0 Å². The zero-order valence-corrected chi connectivity index (χ0v) is 7.36. The zero-order valence-electron chi connectivity index (χ0n) is 6.60. The molecule has 1 atom stereocenters. The molecule has 0 nitrogen and oxygen atoms in total. The van der Waals surface area contributed by atoms with E-state index in [-0.39, 0.29) is 6.92 Å². The second kappa shape index (κ2) is 3.96. The van der Waals surface area contributed by atoms with Gasteiger partial charge in [0.2, 0.25) is 11.1 Å². The van der Waals surface area contributed by atoms with Crippen LogP contribution in [0, 0.1) is 0 Å². The Morgan fingerprint density at radius 3 is 1.71 bits per heavy atom. The van der Waals surface area contributed by atoms with E-state index in [1.807, 2.05) is 0 Å². The number of hydrogen-bond donors (Lipinski definition) is 0. The lowest BCUT2D eigenvalue weighted by Crippen LogP contribution is -2.47. The van der Waals surface area contributed by atoms with Crippen molar-refractivity contribution in [2.24, 2.45) is 0 Å². The average molecular weight is 245 g/mol. The first-order valence-electron chi connectivity index (χ1n) is 3.16. The number of alkyl halides is 5. The summed E-state index contributed by atoms with van der Waals surface area (Å²) in [4.78, 5) is 0. The van der Waals surface area contributed by atoms with Gasteiger partial charge in [0.25, 0.3) is 0 Å². The lowest BCUT2D eigenvalue weighted by Gasteiger charge is -2.25. The molecule has 0 aromatic heterocycles. The van der Waals surface area contributed by atoms with Gasteiger partial charge in [-0.2, -0.15) is 22.0 Å². The highest BCUT2D eigenvalue weighted by atomic mass is 35.5. The minimum Gasteiger partial charge on any atom is -0.241 e. The standard InChI is InChI=1S/C6H4ClF7/c1-2(8)5(11,12)6(13,14)3(9)4(7)10/h2H,1H3/b4-3+. The molecule has 14 heavy (non-hydrogen) atoms. The van der Waals surface area contributed by atoms with Gasteiger partial charge in [0, 0.05) is 0 Å². The molecule has 1 unspecified atom stereocenters. The quantitative estimate of drug-likeness (QED) is 0.659. The summed E-state index contributed by atoms with van der Waals surface area (Å²) < 4.78 is 85.2. The van der Waals surface area contributed by atoms with Crippen LogP contribution in [0.5, 0.6) is 0 Å². The van der Waals surface area contributed by atoms with Crippen LogP contribution in [0.4, 0.5) is 30.7 Å². The SMILES string of the molecule is CC(F)C(F)(F)C(F)(F)/C(F)=C(\F)Cl. The van der Waals surface area contributed by atoms with Crippen molar-refractivity contribution in [2.75, 3.05) is 0 Å². The van der Waals surface area contributed by atoms with Gasteiger partial charge in [0.05, 0.1) is 0 Å². The molecule has 0 aliphatic rings. The summed E-state index contributed by atoms with van der Waals surface area (Å²) in [5.74, 6) is -14.1. The largest absolute Gasteiger partial charge is 0.367 e. The van der Waals surface area contributed by atoms with Crippen LogP contribution in [0.3, 0.4) is 0 Å². The Bertz CT molecular complexity index is 241. The fourth-order valence-electron chi connectivity index (χ4n) is 0.515. The summed E-state index contributed by atoms with van der Waals surface area (Å²) in [5.41, 5.74) is 0. The van der Waals surface area contributed by atoms with Gasteiger partial charge in [-0.1, -0.05) is 0 Å². The van der Waals surface area contributed by atoms with Gasteiger partial charge in [-0.25, -0.2) is 8.78 Å². The van der Waals surface area contributed by atoms with Crippen molar-refractivity contribution in [3.8, 4) is 0 Å². The van der Waals surface area contributed by atoms with Crippen LogP contribution in [0.15, 0.2) is 11.1 Å². The Morgan fingerprint density at radius 2 is 1.50 bits per heavy atom. The Labute approximate surface area is 79.3 Å². The van der Waals surface area contributed by atoms with E-state index in [9.17, 15) is 30.7 Å². The van der Waals surface area contributed by atoms with Crippen molar-refractivity contribution in [2.45, 2.75) is 24.9 Å². The molecular formula is C6H4ClF7. The van der Waals surface area contributed by atoms with Gasteiger partial charge in [-0.05, 0) is 18.5 Å². The van der Waals surface area contributed by atoms with Crippen molar-refractivity contribution in [3.05, 3.63) is 11.1 Å². The van der Waals surface area contributed by atoms with Gasteiger partial charge in [0.1, 0.15) is 0 Å². The summed E-state index contributed by atoms with van der Waals surface area (Å²) in [5, 5.41) is -2.63. The number of allylic oxidation sites excluding steroid dienone is 1. The monoisotopic (exact) mass is 244 g/mol. The van der Waals surface area contributed by atoms with Gasteiger partial charge >= 0.3 is 11.8 Å². The van der Waals surface area contributed by atoms with Crippen LogP contribution in [0.2, 0.25) is 0 Å². The number of halogens is 8. The topological polar surface area (TPSA) is 0 Å². The Morgan fingerprint density at radius 1 is 1.14 bits per heavy atom. The molecule has 0 aromatic rings. The summed E-state index contributed by atoms with van der Waals surface area (Å²) >= 11 is 4.13. The molecule has 84 valence electrons. The van der Waals surface area contributed by atoms with E-state index in [4.69, 9.17) is 0 Å². The van der Waals surface area contributed by atoms with E-state index < -0.39 is 29.1 Å². The molecule has 0 aromatic carbocycles. The maximum atomic E-state index is 12.3. The van der Waals surface area contributed by atoms with E-state index in [2.05, 4.69) is 11.6 Å². The molecule has 0 radical (unpaired) electrons. The van der Waals surface area contributed by atoms with E-state index in [0.717, 1.165) is 0 Å². The van der Waals surface area contributed by atoms with Gasteiger partial charge in [-0.15, -0.1) is 0 Å². The third-order valence-electron chi connectivity index (χ3n) is 1.36. The minimum absolute atomic E-state index is 0.0906. The maximum Gasteiger partial charge on any atom is 0.367 e. The number of rotatable bonds is 3. The Hall–Kier alpha value is -0.460. The molecule has 0 heterocycles. The molecule has 0 saturated heterocycles. The first-order chi connectivity index (χ1) is 6.05. The predicted octanol–water partition coefficient (Wildman–Crippen LogP) is 3.96. The predicted molar refractivity (Wildman–Crippen MR) is 35.6 cm³/mol. The highest BCUT2D eigenvalue weighted by Crippen LogP contribution is 2.45. The van der Waals surface area contributed by atoms with Crippen molar-refractivity contribution in [1.82, 2.24) is 0 Å². The van der Waals surface area contributed by atoms with Crippen molar-refractivity contribution >= 4 is 11.6 Å². The van der Waals surface area contributed by atoms with Gasteiger partial charge in [0.15, 0.2) is 6.17 Å². The molecule has 0 fully saturated rings. The van der Waals surface area contributed by atoms with Crippen LogP contribution >= 0.6 is 11.6 Å². The molecule has 0 aliphatic carbocycles. The Kier molecular flexibility index (Phi) is 3.83. The summed E-state index contributed by atoms with van der Waals surface area (Å²) in [6.07, 6.45) is -3.35. The summed E-state index contributed by atoms with van der Waals surface area (Å²) in [6, 6.07) is 0. The molecule has 0 amide bonds. The lowest BCUT2D eigenvalue weighted by molar-refractivity contribution is -0.223. The normalized spacial score (nSPS) is 17.8. The van der Waals surface area contributed by atoms with Crippen LogP contribution < -0.4 is 0 Å². The molecular weight excluding hydrogens is 241 g/mol. The molecule has 0 saturated carbocycles. The van der Waals surface area contributed by atoms with Crippen LogP contribution in [-0.2, 0) is 0 Å². The van der Waals surface area contributed by atoms with Gasteiger partial charge in [-0.3, -0.25) is 0 Å². The van der Waals surface area contributed by atoms with Crippen molar-refractivity contribution < 1.29 is 30.7 Å². The molecule has 0 rings (SSSR count). The highest BCUT2D eigenvalue weighted by molar-refractivity contribution is 6.28. The van der Waals surface area contributed by atoms with Crippen LogP contribution in [0.1, 0.15) is 6.92 Å². The third kappa shape index (κ3) is 2.13. The molecule has 0 aliphatic heterocycles. The van der Waals surface area contributed by atoms with E-state index >= 15 is 0 Å². The highest BCUT2D eigenvalue weighted by Gasteiger charge is 2.64. The van der Waals surface area contributed by atoms with Crippen molar-refractivity contribution in [3.63, 3.8) is 0 Å². The fourth-order valence-corrected chi connectivity index (χ4v) is 0.633. The third-order valence-corrected chi connectivity index (χ3v) is 1.53. The zero-order chi connectivity index (χ0) is 11.7. The van der Waals surface area contributed by atoms with Crippen molar-refractivity contribution in [1.29, 1.82) is 0 Å². The molecule has 0 bridgehead atoms. The van der Waals surface area contributed by atoms with E-state index in [1.54, 1.807) is 0 Å². The smallest absolute Gasteiger partial charge is 0.241 e. The van der Waals surface area contributed by atoms with E-state index in [0.29, 0.717) is 0 Å². The molecule has 0 N–H and O–H groups in total. The lowest BCUT2D eigenvalue weighted by atomic mass is 10.1. The molecule has 0 spiro atoms. The maximum absolute atomic E-state index is 12.3. The van der Waals surface area contributed by atoms with Gasteiger partial charge < -0.3 is 0 Å². The Balaban J connectivity index is 5.26. The molecule has 8 heteroatoms. The first kappa shape index (κ1) is 13.5. The average Bonchev–Trinajstić information content (AvgIpc) is 2.01. The second-order valence-electron chi connectivity index (χ2n) is 2.39. The fraction of sp³-hybridized carbons (Fsp3) is 0.667. The van der Waals surface area contributed by atoms with E-state index in [1.165, 1.54) is 0 Å². The number of hydrogen-bond acceptors (Lipinski definition) is 0.